The number of rotatable bonds is 5. The second-order valence-corrected chi connectivity index (χ2v) is 7.04. The number of furan rings is 1. The highest BCUT2D eigenvalue weighted by Gasteiger charge is 2.27. The molecule has 1 aliphatic heterocycles. The van der Waals surface area contributed by atoms with Crippen molar-refractivity contribution in [1.82, 2.24) is 4.90 Å². The van der Waals surface area contributed by atoms with E-state index >= 15 is 0 Å². The highest BCUT2D eigenvalue weighted by Crippen LogP contribution is 2.31. The quantitative estimate of drug-likeness (QED) is 0.667. The maximum absolute atomic E-state index is 12.7. The molecule has 1 amide bonds. The Hall–Kier alpha value is -3.25. The Balaban J connectivity index is 1.67. The number of hydrogen-bond donors (Lipinski definition) is 1. The van der Waals surface area contributed by atoms with Crippen LogP contribution in [0.1, 0.15) is 28.1 Å². The van der Waals surface area contributed by atoms with Gasteiger partial charge in [0.05, 0.1) is 20.3 Å². The number of methoxy groups -OCH3 is 2. The third kappa shape index (κ3) is 3.98. The monoisotopic (exact) mass is 393 g/mol. The van der Waals surface area contributed by atoms with Crippen LogP contribution < -0.4 is 9.47 Å². The molecule has 1 N–H and O–H groups in total. The second kappa shape index (κ2) is 8.01. The normalized spacial score (nSPS) is 16.7. The summed E-state index contributed by atoms with van der Waals surface area (Å²) in [7, 11) is 3.23. The number of hydrogen-bond acceptors (Lipinski definition) is 5. The molecule has 150 valence electrons. The molecule has 1 aliphatic rings. The average molecular weight is 393 g/mol. The van der Waals surface area contributed by atoms with E-state index in [2.05, 4.69) is 0 Å². The molecule has 1 fully saturated rings. The molecule has 29 heavy (non-hydrogen) atoms. The minimum Gasteiger partial charge on any atom is -0.497 e. The van der Waals surface area contributed by atoms with Gasteiger partial charge in [0.1, 0.15) is 17.1 Å². The lowest BCUT2D eigenvalue weighted by Crippen LogP contribution is -2.29. The number of carbonyl (C=O) groups is 1. The van der Waals surface area contributed by atoms with E-state index in [0.29, 0.717) is 30.8 Å². The number of fused-ring (bicyclic) bond motifs is 1. The lowest BCUT2D eigenvalue weighted by atomic mass is 10.1. The molecule has 0 bridgehead atoms. The molecular formula is C23H23NO5. The molecule has 2 heterocycles. The van der Waals surface area contributed by atoms with Crippen LogP contribution in [0.25, 0.3) is 23.1 Å². The fourth-order valence-corrected chi connectivity index (χ4v) is 3.48. The Morgan fingerprint density at radius 1 is 1.10 bits per heavy atom. The first-order chi connectivity index (χ1) is 14.1. The van der Waals surface area contributed by atoms with Crippen molar-refractivity contribution in [3.63, 3.8) is 0 Å². The van der Waals surface area contributed by atoms with Gasteiger partial charge in [-0.05, 0) is 41.8 Å². The van der Waals surface area contributed by atoms with Crippen molar-refractivity contribution in [3.05, 3.63) is 59.4 Å². The van der Waals surface area contributed by atoms with E-state index in [1.54, 1.807) is 31.3 Å². The SMILES string of the molecule is COc1ccc(/C=C/c2cc(OC)cc3oc(C(=O)N4CCC(O)C4)cc23)cc1. The fraction of sp³-hybridized carbons (Fsp3) is 0.261. The van der Waals surface area contributed by atoms with E-state index in [1.807, 2.05) is 42.5 Å². The Morgan fingerprint density at radius 2 is 1.86 bits per heavy atom. The van der Waals surface area contributed by atoms with Crippen LogP contribution in [-0.2, 0) is 0 Å². The minimum absolute atomic E-state index is 0.207. The predicted octanol–water partition coefficient (Wildman–Crippen LogP) is 3.83. The summed E-state index contributed by atoms with van der Waals surface area (Å²) in [4.78, 5) is 14.3. The van der Waals surface area contributed by atoms with Crippen molar-refractivity contribution in [2.75, 3.05) is 27.3 Å². The van der Waals surface area contributed by atoms with Gasteiger partial charge in [-0.25, -0.2) is 0 Å². The van der Waals surface area contributed by atoms with Gasteiger partial charge in [-0.1, -0.05) is 24.3 Å². The summed E-state index contributed by atoms with van der Waals surface area (Å²) in [5.41, 5.74) is 2.49. The van der Waals surface area contributed by atoms with Gasteiger partial charge in [0.15, 0.2) is 5.76 Å². The first-order valence-electron chi connectivity index (χ1n) is 9.48. The van der Waals surface area contributed by atoms with E-state index in [-0.39, 0.29) is 11.7 Å². The maximum Gasteiger partial charge on any atom is 0.289 e. The Morgan fingerprint density at radius 3 is 2.52 bits per heavy atom. The van der Waals surface area contributed by atoms with Gasteiger partial charge in [-0.3, -0.25) is 4.79 Å². The van der Waals surface area contributed by atoms with E-state index < -0.39 is 6.10 Å². The van der Waals surface area contributed by atoms with E-state index in [9.17, 15) is 9.90 Å². The third-order valence-electron chi connectivity index (χ3n) is 5.11. The molecule has 2 aromatic carbocycles. The molecule has 4 rings (SSSR count). The van der Waals surface area contributed by atoms with E-state index in [0.717, 1.165) is 22.3 Å². The van der Waals surface area contributed by atoms with Gasteiger partial charge in [-0.15, -0.1) is 0 Å². The van der Waals surface area contributed by atoms with Crippen LogP contribution in [0.3, 0.4) is 0 Å². The third-order valence-corrected chi connectivity index (χ3v) is 5.11. The number of carbonyl (C=O) groups excluding carboxylic acids is 1. The number of ether oxygens (including phenoxy) is 2. The highest BCUT2D eigenvalue weighted by molar-refractivity contribution is 5.99. The second-order valence-electron chi connectivity index (χ2n) is 7.04. The van der Waals surface area contributed by atoms with Crippen molar-refractivity contribution < 1.29 is 23.8 Å². The topological polar surface area (TPSA) is 72.1 Å². The smallest absolute Gasteiger partial charge is 0.289 e. The number of aliphatic hydroxyl groups is 1. The number of likely N-dealkylation sites (tertiary alicyclic amines) is 1. The number of β-amino-alcohol motifs (C(OH)–C–C–N with tert-alkyl or cyclic N) is 1. The number of amides is 1. The molecule has 1 aromatic heterocycles. The van der Waals surface area contributed by atoms with Gasteiger partial charge >= 0.3 is 0 Å². The summed E-state index contributed by atoms with van der Waals surface area (Å²) >= 11 is 0. The molecule has 0 radical (unpaired) electrons. The Bertz CT molecular complexity index is 1050. The van der Waals surface area contributed by atoms with Crippen molar-refractivity contribution in [2.24, 2.45) is 0 Å². The average Bonchev–Trinajstić information content (AvgIpc) is 3.38. The van der Waals surface area contributed by atoms with Crippen LogP contribution in [0.4, 0.5) is 0 Å². The zero-order valence-corrected chi connectivity index (χ0v) is 16.4. The van der Waals surface area contributed by atoms with Crippen LogP contribution in [0, 0.1) is 0 Å². The van der Waals surface area contributed by atoms with E-state index in [4.69, 9.17) is 13.9 Å². The number of aliphatic hydroxyl groups excluding tert-OH is 1. The molecule has 0 saturated carbocycles. The summed E-state index contributed by atoms with van der Waals surface area (Å²) < 4.78 is 16.4. The standard InChI is InChI=1S/C23H23NO5/c1-27-18-7-4-15(5-8-18)3-6-16-11-19(28-2)12-21-20(16)13-22(29-21)23(26)24-10-9-17(25)14-24/h3-8,11-13,17,25H,9-10,14H2,1-2H3/b6-3+. The van der Waals surface area contributed by atoms with Crippen molar-refractivity contribution >= 4 is 29.0 Å². The zero-order valence-electron chi connectivity index (χ0n) is 16.4. The molecule has 1 unspecified atom stereocenters. The lowest BCUT2D eigenvalue weighted by Gasteiger charge is -2.12. The minimum atomic E-state index is -0.466. The predicted molar refractivity (Wildman–Crippen MR) is 111 cm³/mol. The summed E-state index contributed by atoms with van der Waals surface area (Å²) in [6.45, 7) is 0.869. The molecule has 3 aromatic rings. The van der Waals surface area contributed by atoms with Gasteiger partial charge in [0.2, 0.25) is 0 Å². The van der Waals surface area contributed by atoms with Crippen molar-refractivity contribution in [1.29, 1.82) is 0 Å². The van der Waals surface area contributed by atoms with Crippen molar-refractivity contribution in [3.8, 4) is 11.5 Å². The molecule has 0 aliphatic carbocycles. The lowest BCUT2D eigenvalue weighted by molar-refractivity contribution is 0.0736. The van der Waals surface area contributed by atoms with Gasteiger partial charge in [-0.2, -0.15) is 0 Å². The Kier molecular flexibility index (Phi) is 5.27. The fourth-order valence-electron chi connectivity index (χ4n) is 3.48. The van der Waals surface area contributed by atoms with E-state index in [1.165, 1.54) is 0 Å². The molecule has 6 nitrogen and oxygen atoms in total. The molecular weight excluding hydrogens is 370 g/mol. The van der Waals surface area contributed by atoms with Gasteiger partial charge < -0.3 is 23.9 Å². The van der Waals surface area contributed by atoms with Crippen LogP contribution in [0.5, 0.6) is 11.5 Å². The first kappa shape index (κ1) is 19.1. The summed E-state index contributed by atoms with van der Waals surface area (Å²) in [6, 6.07) is 13.2. The van der Waals surface area contributed by atoms with Crippen LogP contribution in [0.15, 0.2) is 46.9 Å². The molecule has 0 spiro atoms. The molecule has 6 heteroatoms. The summed E-state index contributed by atoms with van der Waals surface area (Å²) in [5, 5.41) is 10.5. The van der Waals surface area contributed by atoms with Gasteiger partial charge in [0, 0.05) is 24.5 Å². The first-order valence-corrected chi connectivity index (χ1v) is 9.48. The molecule has 1 atom stereocenters. The van der Waals surface area contributed by atoms with Crippen LogP contribution in [-0.4, -0.2) is 49.3 Å². The largest absolute Gasteiger partial charge is 0.497 e. The van der Waals surface area contributed by atoms with Crippen LogP contribution in [0.2, 0.25) is 0 Å². The van der Waals surface area contributed by atoms with Crippen molar-refractivity contribution in [2.45, 2.75) is 12.5 Å². The highest BCUT2D eigenvalue weighted by atomic mass is 16.5. The maximum atomic E-state index is 12.7. The number of nitrogens with zero attached hydrogens (tertiary/aromatic N) is 1. The summed E-state index contributed by atoms with van der Waals surface area (Å²) in [5.74, 6) is 1.51. The van der Waals surface area contributed by atoms with Gasteiger partial charge in [0.25, 0.3) is 5.91 Å². The van der Waals surface area contributed by atoms with Crippen LogP contribution >= 0.6 is 0 Å². The molecule has 1 saturated heterocycles. The number of benzene rings is 2. The Labute approximate surface area is 168 Å². The zero-order chi connectivity index (χ0) is 20.4. The summed E-state index contributed by atoms with van der Waals surface area (Å²) in [6.07, 6.45) is 4.08.